The van der Waals surface area contributed by atoms with Gasteiger partial charge in [-0.15, -0.1) is 0 Å². The van der Waals surface area contributed by atoms with Crippen LogP contribution in [0.4, 0.5) is 0 Å². The molecule has 0 aromatic rings. The zero-order chi connectivity index (χ0) is 11.2. The molecule has 1 aliphatic rings. The van der Waals surface area contributed by atoms with Crippen molar-refractivity contribution >= 4 is 5.97 Å². The molecule has 3 heteroatoms. The lowest BCUT2D eigenvalue weighted by Crippen LogP contribution is -2.21. The lowest BCUT2D eigenvalue weighted by molar-refractivity contribution is -0.151. The molecule has 1 unspecified atom stereocenters. The van der Waals surface area contributed by atoms with Crippen molar-refractivity contribution in [3.63, 3.8) is 0 Å². The minimum Gasteiger partial charge on any atom is -0.460 e. The number of ether oxygens (including phenoxy) is 1. The molecule has 0 spiro atoms. The second-order valence-corrected chi connectivity index (χ2v) is 4.80. The van der Waals surface area contributed by atoms with Gasteiger partial charge in [0.25, 0.3) is 0 Å². The first kappa shape index (κ1) is 13.4. The molecule has 1 N–H and O–H groups in total. The number of carbonyl (C=O) groups is 1. The van der Waals surface area contributed by atoms with Crippen LogP contribution in [0.15, 0.2) is 0 Å². The maximum atomic E-state index is 10.2. The van der Waals surface area contributed by atoms with E-state index in [1.165, 1.54) is 26.4 Å². The van der Waals surface area contributed by atoms with Crippen LogP contribution in [-0.4, -0.2) is 24.7 Å². The van der Waals surface area contributed by atoms with E-state index in [1.807, 2.05) is 20.8 Å². The van der Waals surface area contributed by atoms with E-state index in [9.17, 15) is 4.79 Å². The molecule has 0 aromatic carbocycles. The Labute approximate surface area is 87.2 Å². The van der Waals surface area contributed by atoms with E-state index in [0.29, 0.717) is 0 Å². The van der Waals surface area contributed by atoms with Crippen LogP contribution in [0.5, 0.6) is 0 Å². The fraction of sp³-hybridized carbons (Fsp3) is 0.909. The maximum absolute atomic E-state index is 10.2. The van der Waals surface area contributed by atoms with Crippen LogP contribution in [0.25, 0.3) is 0 Å². The highest BCUT2D eigenvalue weighted by molar-refractivity contribution is 5.66. The average Bonchev–Trinajstić information content (AvgIpc) is 2.34. The molecule has 0 aliphatic carbocycles. The molecule has 0 amide bonds. The average molecular weight is 201 g/mol. The van der Waals surface area contributed by atoms with Crippen LogP contribution in [0, 0.1) is 5.92 Å². The number of nitrogens with one attached hydrogen (secondary N) is 1. The molecule has 1 rings (SSSR count). The molecule has 1 fully saturated rings. The molecule has 0 radical (unpaired) electrons. The summed E-state index contributed by atoms with van der Waals surface area (Å²) in [5.74, 6) is 0.711. The summed E-state index contributed by atoms with van der Waals surface area (Å²) in [4.78, 5) is 10.2. The second kappa shape index (κ2) is 6.02. The zero-order valence-electron chi connectivity index (χ0n) is 10.0. The third-order valence-electron chi connectivity index (χ3n) is 1.76. The van der Waals surface area contributed by atoms with Crippen molar-refractivity contribution in [1.29, 1.82) is 0 Å². The number of carbonyl (C=O) groups excluding carboxylic acids is 1. The van der Waals surface area contributed by atoms with E-state index >= 15 is 0 Å². The van der Waals surface area contributed by atoms with Crippen molar-refractivity contribution in [2.75, 3.05) is 13.1 Å². The second-order valence-electron chi connectivity index (χ2n) is 4.80. The molecule has 14 heavy (non-hydrogen) atoms. The van der Waals surface area contributed by atoms with Crippen LogP contribution in [0.3, 0.4) is 0 Å². The molecule has 0 saturated carbocycles. The fourth-order valence-corrected chi connectivity index (χ4v) is 1.23. The number of hydrogen-bond acceptors (Lipinski definition) is 3. The minimum absolute atomic E-state index is 0.225. The molecule has 84 valence electrons. The van der Waals surface area contributed by atoms with E-state index in [0.717, 1.165) is 5.92 Å². The lowest BCUT2D eigenvalue weighted by atomic mass is 10.2. The molecule has 0 aromatic heterocycles. The molecule has 1 aliphatic heterocycles. The SMILES string of the molecule is CC(=O)OC(C)(C)C.CC1CCNC1. The molecule has 1 saturated heterocycles. The van der Waals surface area contributed by atoms with Gasteiger partial charge in [-0.1, -0.05) is 6.92 Å². The van der Waals surface area contributed by atoms with E-state index in [1.54, 1.807) is 0 Å². The first-order valence-corrected chi connectivity index (χ1v) is 5.21. The van der Waals surface area contributed by atoms with Gasteiger partial charge in [-0.3, -0.25) is 4.79 Å². The number of hydrogen-bond donors (Lipinski definition) is 1. The van der Waals surface area contributed by atoms with Gasteiger partial charge in [-0.25, -0.2) is 0 Å². The number of esters is 1. The van der Waals surface area contributed by atoms with Gasteiger partial charge in [0.15, 0.2) is 0 Å². The highest BCUT2D eigenvalue weighted by Gasteiger charge is 2.11. The van der Waals surface area contributed by atoms with Crippen molar-refractivity contribution in [3.8, 4) is 0 Å². The van der Waals surface area contributed by atoms with Crippen LogP contribution < -0.4 is 5.32 Å². The Kier molecular flexibility index (Phi) is 5.77. The summed E-state index contributed by atoms with van der Waals surface area (Å²) < 4.78 is 4.80. The normalized spacial score (nSPS) is 21.1. The minimum atomic E-state index is -0.328. The van der Waals surface area contributed by atoms with E-state index in [-0.39, 0.29) is 11.6 Å². The molecular weight excluding hydrogens is 178 g/mol. The Morgan fingerprint density at radius 2 is 2.00 bits per heavy atom. The Hall–Kier alpha value is -0.570. The van der Waals surface area contributed by atoms with Crippen molar-refractivity contribution in [2.24, 2.45) is 5.92 Å². The predicted molar refractivity (Wildman–Crippen MR) is 58.2 cm³/mol. The third kappa shape index (κ3) is 9.52. The van der Waals surface area contributed by atoms with Crippen molar-refractivity contribution in [1.82, 2.24) is 5.32 Å². The molecular formula is C11H23NO2. The van der Waals surface area contributed by atoms with Crippen molar-refractivity contribution < 1.29 is 9.53 Å². The highest BCUT2D eigenvalue weighted by Crippen LogP contribution is 2.05. The molecule has 1 atom stereocenters. The summed E-state index contributed by atoms with van der Waals surface area (Å²) in [6.07, 6.45) is 1.38. The Balaban J connectivity index is 0.000000249. The first-order valence-electron chi connectivity index (χ1n) is 5.21. The summed E-state index contributed by atoms with van der Waals surface area (Å²) >= 11 is 0. The summed E-state index contributed by atoms with van der Waals surface area (Å²) in [5, 5.41) is 3.27. The van der Waals surface area contributed by atoms with Crippen LogP contribution >= 0.6 is 0 Å². The standard InChI is InChI=1S/C6H12O2.C5H11N/c1-5(7)8-6(2,3)4;1-5-2-3-6-4-5/h1-4H3;5-6H,2-4H2,1H3. The van der Waals surface area contributed by atoms with Gasteiger partial charge >= 0.3 is 5.97 Å². The quantitative estimate of drug-likeness (QED) is 0.609. The summed E-state index contributed by atoms with van der Waals surface area (Å²) in [6, 6.07) is 0. The van der Waals surface area contributed by atoms with Gasteiger partial charge in [0.1, 0.15) is 5.60 Å². The van der Waals surface area contributed by atoms with Crippen LogP contribution in [0.1, 0.15) is 41.0 Å². The summed E-state index contributed by atoms with van der Waals surface area (Å²) in [6.45, 7) is 11.7. The van der Waals surface area contributed by atoms with Gasteiger partial charge in [0, 0.05) is 6.92 Å². The maximum Gasteiger partial charge on any atom is 0.303 e. The molecule has 0 bridgehead atoms. The van der Waals surface area contributed by atoms with Gasteiger partial charge < -0.3 is 10.1 Å². The monoisotopic (exact) mass is 201 g/mol. The van der Waals surface area contributed by atoms with E-state index < -0.39 is 0 Å². The Bertz CT molecular complexity index is 167. The number of rotatable bonds is 0. The Morgan fingerprint density at radius 3 is 2.07 bits per heavy atom. The van der Waals surface area contributed by atoms with Gasteiger partial charge in [-0.2, -0.15) is 0 Å². The predicted octanol–water partition coefficient (Wildman–Crippen LogP) is 1.96. The molecule has 1 heterocycles. The van der Waals surface area contributed by atoms with Gasteiger partial charge in [0.05, 0.1) is 0 Å². The first-order chi connectivity index (χ1) is 6.31. The van der Waals surface area contributed by atoms with Crippen LogP contribution in [0.2, 0.25) is 0 Å². The van der Waals surface area contributed by atoms with Gasteiger partial charge in [-0.05, 0) is 46.2 Å². The smallest absolute Gasteiger partial charge is 0.303 e. The van der Waals surface area contributed by atoms with Crippen LogP contribution in [-0.2, 0) is 9.53 Å². The molecule has 3 nitrogen and oxygen atoms in total. The van der Waals surface area contributed by atoms with Gasteiger partial charge in [0.2, 0.25) is 0 Å². The third-order valence-corrected chi connectivity index (χ3v) is 1.76. The summed E-state index contributed by atoms with van der Waals surface area (Å²) in [5.41, 5.74) is -0.328. The lowest BCUT2D eigenvalue weighted by Gasteiger charge is -2.17. The van der Waals surface area contributed by atoms with Crippen molar-refractivity contribution in [3.05, 3.63) is 0 Å². The highest BCUT2D eigenvalue weighted by atomic mass is 16.6. The van der Waals surface area contributed by atoms with Crippen molar-refractivity contribution in [2.45, 2.75) is 46.6 Å². The largest absolute Gasteiger partial charge is 0.460 e. The fourth-order valence-electron chi connectivity index (χ4n) is 1.23. The topological polar surface area (TPSA) is 38.3 Å². The summed E-state index contributed by atoms with van der Waals surface area (Å²) in [7, 11) is 0. The zero-order valence-corrected chi connectivity index (χ0v) is 10.0. The van der Waals surface area contributed by atoms with E-state index in [2.05, 4.69) is 12.2 Å². The van der Waals surface area contributed by atoms with E-state index in [4.69, 9.17) is 4.74 Å². The Morgan fingerprint density at radius 1 is 1.43 bits per heavy atom.